The fourth-order valence-corrected chi connectivity index (χ4v) is 3.76. The van der Waals surface area contributed by atoms with Crippen molar-refractivity contribution < 1.29 is 19.0 Å². The van der Waals surface area contributed by atoms with Crippen molar-refractivity contribution in [3.8, 4) is 17.2 Å². The van der Waals surface area contributed by atoms with Crippen LogP contribution in [0.1, 0.15) is 43.6 Å². The van der Waals surface area contributed by atoms with Crippen molar-refractivity contribution in [1.29, 1.82) is 0 Å². The van der Waals surface area contributed by atoms with Gasteiger partial charge in [-0.05, 0) is 70.0 Å². The monoisotopic (exact) mass is 403 g/mol. The van der Waals surface area contributed by atoms with Gasteiger partial charge in [0.15, 0.2) is 11.5 Å². The van der Waals surface area contributed by atoms with E-state index in [1.165, 1.54) is 0 Å². The lowest BCUT2D eigenvalue weighted by Crippen LogP contribution is -2.35. The molecule has 1 amide bonds. The van der Waals surface area contributed by atoms with Crippen LogP contribution in [0, 0.1) is 0 Å². The number of hydrogen-bond donors (Lipinski definition) is 0. The van der Waals surface area contributed by atoms with Gasteiger partial charge < -0.3 is 19.1 Å². The molecule has 28 heavy (non-hydrogen) atoms. The Hall–Kier alpha value is -2.40. The molecule has 5 nitrogen and oxygen atoms in total. The number of halogens is 1. The molecule has 0 radical (unpaired) electrons. The Balaban J connectivity index is 2.04. The maximum absolute atomic E-state index is 13.4. The third kappa shape index (κ3) is 3.90. The highest BCUT2D eigenvalue weighted by molar-refractivity contribution is 6.30. The zero-order chi connectivity index (χ0) is 20.3. The number of benzene rings is 2. The van der Waals surface area contributed by atoms with Crippen molar-refractivity contribution in [2.24, 2.45) is 0 Å². The topological polar surface area (TPSA) is 48.0 Å². The Morgan fingerprint density at radius 3 is 2.21 bits per heavy atom. The Morgan fingerprint density at radius 2 is 1.64 bits per heavy atom. The number of anilines is 1. The van der Waals surface area contributed by atoms with Gasteiger partial charge in [0.05, 0.1) is 19.8 Å². The Morgan fingerprint density at radius 1 is 1.04 bits per heavy atom. The molecule has 1 atom stereocenters. The summed E-state index contributed by atoms with van der Waals surface area (Å²) in [6, 6.07) is 9.16. The molecule has 150 valence electrons. The first-order valence-electron chi connectivity index (χ1n) is 9.68. The van der Waals surface area contributed by atoms with Gasteiger partial charge in [0.25, 0.3) is 5.91 Å². The van der Waals surface area contributed by atoms with Gasteiger partial charge in [-0.3, -0.25) is 4.79 Å². The van der Waals surface area contributed by atoms with E-state index in [9.17, 15) is 4.79 Å². The van der Waals surface area contributed by atoms with Gasteiger partial charge in [-0.1, -0.05) is 11.6 Å². The minimum Gasteiger partial charge on any atom is -0.490 e. The van der Waals surface area contributed by atoms with Crippen LogP contribution in [0.15, 0.2) is 30.3 Å². The number of fused-ring (bicyclic) bond motifs is 1. The third-order valence-corrected chi connectivity index (χ3v) is 4.87. The number of nitrogens with zero attached hydrogens (tertiary/aromatic N) is 1. The van der Waals surface area contributed by atoms with Gasteiger partial charge in [-0.2, -0.15) is 0 Å². The van der Waals surface area contributed by atoms with Gasteiger partial charge in [0.1, 0.15) is 0 Å². The van der Waals surface area contributed by atoms with Gasteiger partial charge in [0.2, 0.25) is 5.75 Å². The maximum Gasteiger partial charge on any atom is 0.258 e. The van der Waals surface area contributed by atoms with E-state index in [1.54, 1.807) is 12.1 Å². The third-order valence-electron chi connectivity index (χ3n) is 4.63. The molecular weight excluding hydrogens is 378 g/mol. The van der Waals surface area contributed by atoms with Crippen LogP contribution >= 0.6 is 11.6 Å². The largest absolute Gasteiger partial charge is 0.490 e. The molecule has 3 rings (SSSR count). The summed E-state index contributed by atoms with van der Waals surface area (Å²) >= 11 is 6.12. The number of ether oxygens (including phenoxy) is 3. The minimum atomic E-state index is -0.0986. The van der Waals surface area contributed by atoms with Crippen LogP contribution in [0.3, 0.4) is 0 Å². The normalized spacial score (nSPS) is 15.3. The summed E-state index contributed by atoms with van der Waals surface area (Å²) in [6.07, 6.45) is 0.773. The highest BCUT2D eigenvalue weighted by atomic mass is 35.5. The van der Waals surface area contributed by atoms with Crippen LogP contribution in [0.2, 0.25) is 5.02 Å². The quantitative estimate of drug-likeness (QED) is 0.643. The molecule has 0 N–H and O–H groups in total. The van der Waals surface area contributed by atoms with E-state index >= 15 is 0 Å². The van der Waals surface area contributed by atoms with E-state index in [-0.39, 0.29) is 11.9 Å². The fourth-order valence-electron chi connectivity index (χ4n) is 3.56. The average molecular weight is 404 g/mol. The van der Waals surface area contributed by atoms with Gasteiger partial charge in [-0.25, -0.2) is 0 Å². The first kappa shape index (κ1) is 20.3. The van der Waals surface area contributed by atoms with E-state index in [0.717, 1.165) is 17.7 Å². The summed E-state index contributed by atoms with van der Waals surface area (Å²) in [5.41, 5.74) is 2.48. The Bertz CT molecular complexity index is 841. The van der Waals surface area contributed by atoms with Crippen LogP contribution in [-0.2, 0) is 6.42 Å². The van der Waals surface area contributed by atoms with Crippen LogP contribution in [0.4, 0.5) is 5.69 Å². The van der Waals surface area contributed by atoms with Gasteiger partial charge >= 0.3 is 0 Å². The van der Waals surface area contributed by atoms with Crippen molar-refractivity contribution in [3.05, 3.63) is 46.5 Å². The van der Waals surface area contributed by atoms with Gasteiger partial charge in [-0.15, -0.1) is 0 Å². The lowest BCUT2D eigenvalue weighted by Gasteiger charge is -2.24. The zero-order valence-corrected chi connectivity index (χ0v) is 17.5. The predicted molar refractivity (Wildman–Crippen MR) is 111 cm³/mol. The molecule has 0 saturated heterocycles. The van der Waals surface area contributed by atoms with Crippen LogP contribution in [-0.4, -0.2) is 31.8 Å². The molecule has 2 aromatic carbocycles. The van der Waals surface area contributed by atoms with E-state index in [0.29, 0.717) is 47.7 Å². The molecule has 6 heteroatoms. The standard InChI is InChI=1S/C22H26ClNO4/c1-5-26-19-12-16(13-20(27-6-2)21(19)28-7-3)22(25)24-14(4)10-15-11-17(23)8-9-18(15)24/h8-9,11-14H,5-7,10H2,1-4H3. The first-order valence-corrected chi connectivity index (χ1v) is 10.1. The lowest BCUT2D eigenvalue weighted by atomic mass is 10.1. The van der Waals surface area contributed by atoms with Crippen molar-refractivity contribution in [3.63, 3.8) is 0 Å². The molecule has 2 aromatic rings. The second-order valence-corrected chi connectivity index (χ2v) is 7.04. The number of amides is 1. The van der Waals surface area contributed by atoms with E-state index in [2.05, 4.69) is 0 Å². The number of carbonyl (C=O) groups is 1. The molecule has 1 unspecified atom stereocenters. The SMILES string of the molecule is CCOc1cc(C(=O)N2c3ccc(Cl)cc3CC2C)cc(OCC)c1OCC. The fraction of sp³-hybridized carbons (Fsp3) is 0.409. The lowest BCUT2D eigenvalue weighted by molar-refractivity contribution is 0.0980. The van der Waals surface area contributed by atoms with Crippen LogP contribution in [0.5, 0.6) is 17.2 Å². The highest BCUT2D eigenvalue weighted by Gasteiger charge is 2.32. The number of carbonyl (C=O) groups excluding carboxylic acids is 1. The van der Waals surface area contributed by atoms with Crippen LogP contribution in [0.25, 0.3) is 0 Å². The summed E-state index contributed by atoms with van der Waals surface area (Å²) in [7, 11) is 0. The molecule has 0 spiro atoms. The molecular formula is C22H26ClNO4. The second kappa shape index (κ2) is 8.74. The van der Waals surface area contributed by atoms with E-state index in [4.69, 9.17) is 25.8 Å². The molecule has 1 heterocycles. The summed E-state index contributed by atoms with van der Waals surface area (Å²) < 4.78 is 17.2. The Labute approximate surface area is 171 Å². The summed E-state index contributed by atoms with van der Waals surface area (Å²) in [6.45, 7) is 9.13. The first-order chi connectivity index (χ1) is 13.5. The smallest absolute Gasteiger partial charge is 0.258 e. The molecule has 0 bridgehead atoms. The summed E-state index contributed by atoms with van der Waals surface area (Å²) in [5.74, 6) is 1.46. The zero-order valence-electron chi connectivity index (χ0n) is 16.8. The molecule has 0 fully saturated rings. The molecule has 0 saturated carbocycles. The van der Waals surface area contributed by atoms with Crippen molar-refractivity contribution in [2.75, 3.05) is 24.7 Å². The van der Waals surface area contributed by atoms with Crippen LogP contribution < -0.4 is 19.1 Å². The summed E-state index contributed by atoms with van der Waals surface area (Å²) in [4.78, 5) is 15.2. The number of hydrogen-bond acceptors (Lipinski definition) is 4. The molecule has 0 aliphatic carbocycles. The maximum atomic E-state index is 13.4. The molecule has 1 aliphatic heterocycles. The number of rotatable bonds is 7. The molecule has 0 aromatic heterocycles. The molecule has 1 aliphatic rings. The van der Waals surface area contributed by atoms with Crippen molar-refractivity contribution >= 4 is 23.2 Å². The van der Waals surface area contributed by atoms with E-state index < -0.39 is 0 Å². The minimum absolute atomic E-state index is 0.0404. The predicted octanol–water partition coefficient (Wildman–Crippen LogP) is 5.13. The van der Waals surface area contributed by atoms with Gasteiger partial charge in [0, 0.05) is 22.3 Å². The van der Waals surface area contributed by atoms with Crippen molar-refractivity contribution in [1.82, 2.24) is 0 Å². The Kier molecular flexibility index (Phi) is 6.35. The average Bonchev–Trinajstić information content (AvgIpc) is 2.98. The second-order valence-electron chi connectivity index (χ2n) is 6.60. The highest BCUT2D eigenvalue weighted by Crippen LogP contribution is 2.41. The van der Waals surface area contributed by atoms with E-state index in [1.807, 2.05) is 50.8 Å². The summed E-state index contributed by atoms with van der Waals surface area (Å²) in [5, 5.41) is 0.679. The van der Waals surface area contributed by atoms with Crippen molar-refractivity contribution in [2.45, 2.75) is 40.2 Å².